The van der Waals surface area contributed by atoms with Crippen LogP contribution in [0.4, 0.5) is 18.9 Å². The maximum absolute atomic E-state index is 12.5. The van der Waals surface area contributed by atoms with Crippen molar-refractivity contribution in [3.63, 3.8) is 0 Å². The predicted molar refractivity (Wildman–Crippen MR) is 65.3 cm³/mol. The second-order valence-electron chi connectivity index (χ2n) is 4.99. The zero-order chi connectivity index (χ0) is 13.2. The SMILES string of the molecule is NCC1(CNc2cccc(C(F)(F)F)c2)CCC1. The molecule has 0 heterocycles. The number of anilines is 1. The molecule has 5 heteroatoms. The monoisotopic (exact) mass is 258 g/mol. The molecule has 1 aromatic rings. The van der Waals surface area contributed by atoms with E-state index in [1.54, 1.807) is 6.07 Å². The van der Waals surface area contributed by atoms with Crippen LogP contribution in [0.5, 0.6) is 0 Å². The Morgan fingerprint density at radius 3 is 2.50 bits per heavy atom. The second-order valence-corrected chi connectivity index (χ2v) is 4.99. The van der Waals surface area contributed by atoms with Gasteiger partial charge >= 0.3 is 6.18 Å². The minimum atomic E-state index is -4.29. The molecule has 0 unspecified atom stereocenters. The highest BCUT2D eigenvalue weighted by Gasteiger charge is 2.35. The Morgan fingerprint density at radius 2 is 2.00 bits per heavy atom. The third-order valence-electron chi connectivity index (χ3n) is 3.70. The summed E-state index contributed by atoms with van der Waals surface area (Å²) < 4.78 is 37.6. The fourth-order valence-corrected chi connectivity index (χ4v) is 2.22. The summed E-state index contributed by atoms with van der Waals surface area (Å²) in [4.78, 5) is 0. The first-order valence-corrected chi connectivity index (χ1v) is 6.06. The Labute approximate surface area is 104 Å². The molecule has 18 heavy (non-hydrogen) atoms. The molecular formula is C13H17F3N2. The Kier molecular flexibility index (Phi) is 3.52. The third kappa shape index (κ3) is 2.77. The van der Waals surface area contributed by atoms with E-state index in [0.717, 1.165) is 31.4 Å². The number of hydrogen-bond donors (Lipinski definition) is 2. The fraction of sp³-hybridized carbons (Fsp3) is 0.538. The highest BCUT2D eigenvalue weighted by atomic mass is 19.4. The lowest BCUT2D eigenvalue weighted by atomic mass is 9.69. The molecule has 0 radical (unpaired) electrons. The van der Waals surface area contributed by atoms with E-state index in [2.05, 4.69) is 5.32 Å². The van der Waals surface area contributed by atoms with Crippen molar-refractivity contribution in [1.82, 2.24) is 0 Å². The average Bonchev–Trinajstić information content (AvgIpc) is 2.27. The van der Waals surface area contributed by atoms with Crippen LogP contribution in [-0.4, -0.2) is 13.1 Å². The van der Waals surface area contributed by atoms with Gasteiger partial charge in [0.05, 0.1) is 5.56 Å². The second kappa shape index (κ2) is 4.80. The van der Waals surface area contributed by atoms with E-state index >= 15 is 0 Å². The first-order valence-electron chi connectivity index (χ1n) is 6.06. The van der Waals surface area contributed by atoms with E-state index < -0.39 is 11.7 Å². The van der Waals surface area contributed by atoms with Crippen LogP contribution in [0.1, 0.15) is 24.8 Å². The molecule has 0 saturated heterocycles. The van der Waals surface area contributed by atoms with E-state index in [0.29, 0.717) is 18.8 Å². The molecular weight excluding hydrogens is 241 g/mol. The number of benzene rings is 1. The largest absolute Gasteiger partial charge is 0.416 e. The summed E-state index contributed by atoms with van der Waals surface area (Å²) in [6, 6.07) is 5.29. The van der Waals surface area contributed by atoms with Gasteiger partial charge in [0.15, 0.2) is 0 Å². The van der Waals surface area contributed by atoms with Gasteiger partial charge in [0.2, 0.25) is 0 Å². The lowest BCUT2D eigenvalue weighted by molar-refractivity contribution is -0.137. The van der Waals surface area contributed by atoms with Crippen molar-refractivity contribution in [2.45, 2.75) is 25.4 Å². The maximum Gasteiger partial charge on any atom is 0.416 e. The summed E-state index contributed by atoms with van der Waals surface area (Å²) in [5.41, 5.74) is 5.67. The van der Waals surface area contributed by atoms with Crippen molar-refractivity contribution >= 4 is 5.69 Å². The molecule has 100 valence electrons. The molecule has 0 spiro atoms. The molecule has 1 aliphatic carbocycles. The average molecular weight is 258 g/mol. The third-order valence-corrected chi connectivity index (χ3v) is 3.70. The zero-order valence-corrected chi connectivity index (χ0v) is 10.1. The summed E-state index contributed by atoms with van der Waals surface area (Å²) in [6.07, 6.45) is -1.04. The molecule has 0 atom stereocenters. The van der Waals surface area contributed by atoms with Gasteiger partial charge in [-0.2, -0.15) is 13.2 Å². The van der Waals surface area contributed by atoms with Gasteiger partial charge in [-0.25, -0.2) is 0 Å². The molecule has 0 amide bonds. The Morgan fingerprint density at radius 1 is 1.28 bits per heavy atom. The van der Waals surface area contributed by atoms with Gasteiger partial charge in [-0.05, 0) is 43.0 Å². The molecule has 0 bridgehead atoms. The zero-order valence-electron chi connectivity index (χ0n) is 10.1. The minimum absolute atomic E-state index is 0.0776. The van der Waals surface area contributed by atoms with Crippen LogP contribution in [-0.2, 0) is 6.18 Å². The standard InChI is InChI=1S/C13H17F3N2/c14-13(15,16)10-3-1-4-11(7-10)18-9-12(8-17)5-2-6-12/h1,3-4,7,18H,2,5-6,8-9,17H2. The molecule has 1 aromatic carbocycles. The highest BCUT2D eigenvalue weighted by molar-refractivity contribution is 5.46. The van der Waals surface area contributed by atoms with E-state index in [1.807, 2.05) is 0 Å². The molecule has 1 aliphatic rings. The quantitative estimate of drug-likeness (QED) is 0.870. The summed E-state index contributed by atoms with van der Waals surface area (Å²) in [5, 5.41) is 3.07. The van der Waals surface area contributed by atoms with Gasteiger partial charge in [-0.3, -0.25) is 0 Å². The summed E-state index contributed by atoms with van der Waals surface area (Å²) in [7, 11) is 0. The molecule has 3 N–H and O–H groups in total. The number of nitrogens with two attached hydrogens (primary N) is 1. The van der Waals surface area contributed by atoms with Gasteiger partial charge in [-0.1, -0.05) is 12.5 Å². The predicted octanol–water partition coefficient (Wildman–Crippen LogP) is 3.25. The van der Waals surface area contributed by atoms with E-state index in [9.17, 15) is 13.2 Å². The van der Waals surface area contributed by atoms with Crippen molar-refractivity contribution < 1.29 is 13.2 Å². The molecule has 0 aliphatic heterocycles. The number of halogens is 3. The topological polar surface area (TPSA) is 38.0 Å². The Balaban J connectivity index is 2.01. The normalized spacial score (nSPS) is 18.2. The van der Waals surface area contributed by atoms with E-state index in [1.165, 1.54) is 6.07 Å². The van der Waals surface area contributed by atoms with Crippen molar-refractivity contribution in [2.24, 2.45) is 11.1 Å². The van der Waals surface area contributed by atoms with Crippen LogP contribution < -0.4 is 11.1 Å². The molecule has 1 saturated carbocycles. The lowest BCUT2D eigenvalue weighted by Gasteiger charge is -2.41. The Bertz CT molecular complexity index is 405. The fourth-order valence-electron chi connectivity index (χ4n) is 2.22. The molecule has 2 rings (SSSR count). The minimum Gasteiger partial charge on any atom is -0.384 e. The van der Waals surface area contributed by atoms with E-state index in [-0.39, 0.29) is 5.41 Å². The highest BCUT2D eigenvalue weighted by Crippen LogP contribution is 2.40. The summed E-state index contributed by atoms with van der Waals surface area (Å²) in [6.45, 7) is 1.23. The van der Waals surface area contributed by atoms with Crippen LogP contribution in [0.25, 0.3) is 0 Å². The first kappa shape index (κ1) is 13.2. The lowest BCUT2D eigenvalue weighted by Crippen LogP contribution is -2.42. The van der Waals surface area contributed by atoms with Crippen LogP contribution in [0.2, 0.25) is 0 Å². The van der Waals surface area contributed by atoms with Gasteiger partial charge in [0.25, 0.3) is 0 Å². The van der Waals surface area contributed by atoms with Crippen molar-refractivity contribution in [3.8, 4) is 0 Å². The summed E-state index contributed by atoms with van der Waals surface area (Å²) >= 11 is 0. The molecule has 2 nitrogen and oxygen atoms in total. The van der Waals surface area contributed by atoms with Gasteiger partial charge in [0, 0.05) is 12.2 Å². The Hall–Kier alpha value is -1.23. The first-order chi connectivity index (χ1) is 8.45. The number of hydrogen-bond acceptors (Lipinski definition) is 2. The van der Waals surface area contributed by atoms with Crippen molar-refractivity contribution in [2.75, 3.05) is 18.4 Å². The number of alkyl halides is 3. The smallest absolute Gasteiger partial charge is 0.384 e. The van der Waals surface area contributed by atoms with Gasteiger partial charge in [-0.15, -0.1) is 0 Å². The van der Waals surface area contributed by atoms with Crippen LogP contribution in [0.15, 0.2) is 24.3 Å². The summed E-state index contributed by atoms with van der Waals surface area (Å²) in [5.74, 6) is 0. The van der Waals surface area contributed by atoms with Crippen LogP contribution >= 0.6 is 0 Å². The number of rotatable bonds is 4. The van der Waals surface area contributed by atoms with Crippen LogP contribution in [0.3, 0.4) is 0 Å². The molecule has 0 aromatic heterocycles. The van der Waals surface area contributed by atoms with Crippen molar-refractivity contribution in [1.29, 1.82) is 0 Å². The number of nitrogens with one attached hydrogen (secondary N) is 1. The van der Waals surface area contributed by atoms with E-state index in [4.69, 9.17) is 5.73 Å². The van der Waals surface area contributed by atoms with Gasteiger partial charge in [0.1, 0.15) is 0 Å². The van der Waals surface area contributed by atoms with Gasteiger partial charge < -0.3 is 11.1 Å². The maximum atomic E-state index is 12.5. The van der Waals surface area contributed by atoms with Crippen LogP contribution in [0, 0.1) is 5.41 Å². The molecule has 1 fully saturated rings. The van der Waals surface area contributed by atoms with Crippen molar-refractivity contribution in [3.05, 3.63) is 29.8 Å².